The lowest BCUT2D eigenvalue weighted by Gasteiger charge is -2.13. The van der Waals surface area contributed by atoms with E-state index >= 15 is 0 Å². The van der Waals surface area contributed by atoms with Gasteiger partial charge in [-0.1, -0.05) is 51.9 Å². The Balaban J connectivity index is 2.00. The Morgan fingerprint density at radius 3 is 2.14 bits per heavy atom. The van der Waals surface area contributed by atoms with Gasteiger partial charge in [0.1, 0.15) is 0 Å². The van der Waals surface area contributed by atoms with Gasteiger partial charge in [-0.3, -0.25) is 9.00 Å². The number of hydrogen-bond donors (Lipinski definition) is 0. The quantitative estimate of drug-likeness (QED) is 0.377. The Morgan fingerprint density at radius 2 is 1.62 bits per heavy atom. The lowest BCUT2D eigenvalue weighted by molar-refractivity contribution is -0.141. The van der Waals surface area contributed by atoms with E-state index in [-0.39, 0.29) is 11.4 Å². The highest BCUT2D eigenvalue weighted by Crippen LogP contribution is 2.49. The first-order chi connectivity index (χ1) is 10.1. The second-order valence-electron chi connectivity index (χ2n) is 6.52. The van der Waals surface area contributed by atoms with Gasteiger partial charge in [-0.05, 0) is 24.7 Å². The van der Waals surface area contributed by atoms with Crippen LogP contribution in [0.4, 0.5) is 0 Å². The lowest BCUT2D eigenvalue weighted by Crippen LogP contribution is -2.19. The molecule has 0 heterocycles. The maximum absolute atomic E-state index is 12.1. The average molecular weight is 317 g/mol. The van der Waals surface area contributed by atoms with Crippen LogP contribution in [0.3, 0.4) is 0 Å². The minimum Gasteiger partial charge on any atom is -0.469 e. The summed E-state index contributed by atoms with van der Waals surface area (Å²) in [6, 6.07) is 0. The van der Waals surface area contributed by atoms with E-state index in [0.29, 0.717) is 12.2 Å². The largest absolute Gasteiger partial charge is 0.469 e. The molecule has 0 amide bonds. The van der Waals surface area contributed by atoms with Gasteiger partial charge >= 0.3 is 5.97 Å². The zero-order valence-corrected chi connectivity index (χ0v) is 14.6. The standard InChI is InChI=1S/C17H32O3S/c1-3-4-5-6-7-8-9-10-13-21(19)15-17(11-12-17)14-16(18)20-2/h3-15H2,1-2H3. The monoisotopic (exact) mass is 316 g/mol. The van der Waals surface area contributed by atoms with E-state index in [2.05, 4.69) is 6.92 Å². The summed E-state index contributed by atoms with van der Waals surface area (Å²) in [7, 11) is 0.663. The van der Waals surface area contributed by atoms with Gasteiger partial charge < -0.3 is 4.74 Å². The van der Waals surface area contributed by atoms with Crippen molar-refractivity contribution in [1.29, 1.82) is 0 Å². The van der Waals surface area contributed by atoms with Gasteiger partial charge in [-0.25, -0.2) is 0 Å². The average Bonchev–Trinajstić information content (AvgIpc) is 3.20. The fourth-order valence-corrected chi connectivity index (χ4v) is 4.48. The fraction of sp³-hybridized carbons (Fsp3) is 0.941. The highest BCUT2D eigenvalue weighted by atomic mass is 32.2. The van der Waals surface area contributed by atoms with Crippen molar-refractivity contribution >= 4 is 16.8 Å². The molecule has 1 rings (SSSR count). The van der Waals surface area contributed by atoms with E-state index in [9.17, 15) is 9.00 Å². The van der Waals surface area contributed by atoms with Crippen LogP contribution in [-0.4, -0.2) is 28.8 Å². The number of hydrogen-bond acceptors (Lipinski definition) is 3. The molecule has 0 N–H and O–H groups in total. The molecule has 0 aromatic heterocycles. The first-order valence-corrected chi connectivity index (χ1v) is 10.0. The maximum Gasteiger partial charge on any atom is 0.306 e. The van der Waals surface area contributed by atoms with Crippen molar-refractivity contribution in [3.8, 4) is 0 Å². The second-order valence-corrected chi connectivity index (χ2v) is 8.09. The molecule has 1 atom stereocenters. The van der Waals surface area contributed by atoms with Gasteiger partial charge in [0, 0.05) is 22.3 Å². The molecule has 0 spiro atoms. The van der Waals surface area contributed by atoms with Gasteiger partial charge in [0.25, 0.3) is 0 Å². The molecule has 0 aromatic rings. The Labute approximate surface area is 132 Å². The zero-order valence-electron chi connectivity index (χ0n) is 13.8. The summed E-state index contributed by atoms with van der Waals surface area (Å²) in [5.74, 6) is 1.34. The zero-order chi connectivity index (χ0) is 15.6. The number of esters is 1. The molecule has 0 bridgehead atoms. The number of methoxy groups -OCH3 is 1. The molecule has 0 aromatic carbocycles. The van der Waals surface area contributed by atoms with Crippen molar-refractivity contribution < 1.29 is 13.7 Å². The predicted octanol–water partition coefficient (Wildman–Crippen LogP) is 4.22. The predicted molar refractivity (Wildman–Crippen MR) is 88.8 cm³/mol. The van der Waals surface area contributed by atoms with Crippen LogP contribution >= 0.6 is 0 Å². The minimum absolute atomic E-state index is 0.0120. The summed E-state index contributed by atoms with van der Waals surface area (Å²) in [5, 5.41) is 0. The number of unbranched alkanes of at least 4 members (excludes halogenated alkanes) is 7. The van der Waals surface area contributed by atoms with Crippen LogP contribution < -0.4 is 0 Å². The maximum atomic E-state index is 12.1. The van der Waals surface area contributed by atoms with Gasteiger partial charge in [-0.15, -0.1) is 0 Å². The second kappa shape index (κ2) is 10.4. The first-order valence-electron chi connectivity index (χ1n) is 8.54. The summed E-state index contributed by atoms with van der Waals surface area (Å²) in [6.45, 7) is 2.24. The van der Waals surface area contributed by atoms with Crippen molar-refractivity contribution in [2.75, 3.05) is 18.6 Å². The number of rotatable bonds is 13. The van der Waals surface area contributed by atoms with E-state index in [4.69, 9.17) is 4.74 Å². The van der Waals surface area contributed by atoms with Crippen LogP contribution in [0.15, 0.2) is 0 Å². The molecule has 124 valence electrons. The van der Waals surface area contributed by atoms with Crippen LogP contribution in [0.1, 0.15) is 77.6 Å². The van der Waals surface area contributed by atoms with Gasteiger partial charge in [0.05, 0.1) is 13.5 Å². The third-order valence-corrected chi connectivity index (χ3v) is 6.08. The Morgan fingerprint density at radius 1 is 1.05 bits per heavy atom. The van der Waals surface area contributed by atoms with Crippen molar-refractivity contribution in [1.82, 2.24) is 0 Å². The van der Waals surface area contributed by atoms with Crippen LogP contribution in [0.25, 0.3) is 0 Å². The van der Waals surface area contributed by atoms with Gasteiger partial charge in [0.15, 0.2) is 0 Å². The van der Waals surface area contributed by atoms with Crippen molar-refractivity contribution in [3.63, 3.8) is 0 Å². The fourth-order valence-electron chi connectivity index (χ4n) is 2.74. The number of carbonyl (C=O) groups is 1. The van der Waals surface area contributed by atoms with E-state index in [1.54, 1.807) is 0 Å². The first kappa shape index (κ1) is 18.7. The van der Waals surface area contributed by atoms with Crippen molar-refractivity contribution in [2.24, 2.45) is 5.41 Å². The van der Waals surface area contributed by atoms with E-state index in [1.165, 1.54) is 52.1 Å². The van der Waals surface area contributed by atoms with Crippen molar-refractivity contribution in [3.05, 3.63) is 0 Å². The molecule has 1 fully saturated rings. The highest BCUT2D eigenvalue weighted by Gasteiger charge is 2.45. The summed E-state index contributed by atoms with van der Waals surface area (Å²) in [4.78, 5) is 11.3. The number of carbonyl (C=O) groups excluding carboxylic acids is 1. The molecule has 1 aliphatic rings. The van der Waals surface area contributed by atoms with Gasteiger partial charge in [0.2, 0.25) is 0 Å². The highest BCUT2D eigenvalue weighted by molar-refractivity contribution is 7.85. The summed E-state index contributed by atoms with van der Waals surface area (Å²) in [6.07, 6.45) is 12.7. The van der Waals surface area contributed by atoms with Crippen LogP contribution in [0.5, 0.6) is 0 Å². The van der Waals surface area contributed by atoms with Gasteiger partial charge in [-0.2, -0.15) is 0 Å². The van der Waals surface area contributed by atoms with E-state index in [0.717, 1.165) is 25.0 Å². The van der Waals surface area contributed by atoms with Crippen LogP contribution in [-0.2, 0) is 20.3 Å². The smallest absolute Gasteiger partial charge is 0.306 e. The SMILES string of the molecule is CCCCCCCCCCS(=O)CC1(CC(=O)OC)CC1. The van der Waals surface area contributed by atoms with Crippen LogP contribution in [0, 0.1) is 5.41 Å². The molecule has 0 radical (unpaired) electrons. The summed E-state index contributed by atoms with van der Waals surface area (Å²) < 4.78 is 16.8. The molecule has 1 unspecified atom stereocenters. The molecule has 0 aliphatic heterocycles. The third kappa shape index (κ3) is 8.60. The summed E-state index contributed by atoms with van der Waals surface area (Å²) in [5.41, 5.74) is 0.0120. The molecule has 1 aliphatic carbocycles. The minimum atomic E-state index is -0.763. The number of ether oxygens (including phenoxy) is 1. The molecule has 4 heteroatoms. The molecule has 21 heavy (non-hydrogen) atoms. The Kier molecular flexibility index (Phi) is 9.21. The van der Waals surface area contributed by atoms with Crippen LogP contribution in [0.2, 0.25) is 0 Å². The third-order valence-electron chi connectivity index (χ3n) is 4.40. The van der Waals surface area contributed by atoms with E-state index < -0.39 is 10.8 Å². The molecule has 1 saturated carbocycles. The lowest BCUT2D eigenvalue weighted by atomic mass is 10.1. The Bertz CT molecular complexity index is 324. The van der Waals surface area contributed by atoms with Crippen molar-refractivity contribution in [2.45, 2.75) is 77.6 Å². The molecule has 3 nitrogen and oxygen atoms in total. The van der Waals surface area contributed by atoms with E-state index in [1.807, 2.05) is 0 Å². The normalized spacial score (nSPS) is 17.4. The topological polar surface area (TPSA) is 43.4 Å². The molecule has 0 saturated heterocycles. The molecular weight excluding hydrogens is 284 g/mol. The molecular formula is C17H32O3S. The summed E-state index contributed by atoms with van der Waals surface area (Å²) >= 11 is 0. The Hall–Kier alpha value is -0.380.